The van der Waals surface area contributed by atoms with Crippen LogP contribution in [-0.4, -0.2) is 8.61 Å². The molecule has 0 saturated heterocycles. The van der Waals surface area contributed by atoms with E-state index in [2.05, 4.69) is 0 Å². The Labute approximate surface area is 56.7 Å². The second-order valence-electron chi connectivity index (χ2n) is 1.25. The summed E-state index contributed by atoms with van der Waals surface area (Å²) in [6, 6.07) is 0. The molecule has 0 aliphatic carbocycles. The molecule has 0 nitrogen and oxygen atoms in total. The fraction of sp³-hybridized carbons (Fsp3) is 1.00. The average Bonchev–Trinajstić information content (AvgIpc) is 1.59. The van der Waals surface area contributed by atoms with Gasteiger partial charge in [-0.3, -0.25) is 0 Å². The van der Waals surface area contributed by atoms with Crippen molar-refractivity contribution in [3.8, 4) is 0 Å². The van der Waals surface area contributed by atoms with Crippen LogP contribution in [-0.2, 0) is 0 Å². The van der Waals surface area contributed by atoms with Crippen LogP contribution in [0.4, 0.5) is 13.2 Å². The minimum atomic E-state index is -3.84. The summed E-state index contributed by atoms with van der Waals surface area (Å²) in [4.78, 5) is 0. The van der Waals surface area contributed by atoms with Crippen molar-refractivity contribution < 1.29 is 34.4 Å². The predicted octanol–water partition coefficient (Wildman–Crippen LogP) is -0.995. The van der Waals surface area contributed by atoms with Crippen LogP contribution in [0.1, 0.15) is 13.3 Å². The predicted molar refractivity (Wildman–Crippen MR) is 21.2 cm³/mol. The molecule has 0 heterocycles. The third-order valence-electron chi connectivity index (χ3n) is 0.435. The van der Waals surface area contributed by atoms with Crippen molar-refractivity contribution in [3.05, 3.63) is 0 Å². The first-order valence-corrected chi connectivity index (χ1v) is 4.83. The van der Waals surface area contributed by atoms with Crippen LogP contribution in [0.5, 0.6) is 0 Å². The number of rotatable bonds is 2. The van der Waals surface area contributed by atoms with Crippen molar-refractivity contribution in [2.45, 2.75) is 17.5 Å². The maximum atomic E-state index is 11.3. The van der Waals surface area contributed by atoms with Gasteiger partial charge in [0.2, 0.25) is 0 Å². The van der Waals surface area contributed by atoms with Gasteiger partial charge in [0.15, 0.2) is 0 Å². The molecule has 0 aromatic carbocycles. The molecular formula is C4H7F3I-. The number of hydrogen-bond donors (Lipinski definition) is 0. The van der Waals surface area contributed by atoms with Gasteiger partial charge in [-0.1, -0.05) is 0 Å². The summed E-state index contributed by atoms with van der Waals surface area (Å²) in [6.45, 7) is 1.77. The summed E-state index contributed by atoms with van der Waals surface area (Å²) in [7, 11) is 0. The Morgan fingerprint density at radius 3 is 2.00 bits per heavy atom. The Bertz CT molecular complexity index is 58.8. The second-order valence-corrected chi connectivity index (χ2v) is 4.32. The molecule has 0 amide bonds. The molecule has 0 aliphatic heterocycles. The molecule has 0 spiro atoms. The number of halogens is 4. The van der Waals surface area contributed by atoms with E-state index in [1.165, 1.54) is 0 Å². The SMILES string of the molecule is CCC[I-]C(F)(F)F. The van der Waals surface area contributed by atoms with Crippen LogP contribution in [0, 0.1) is 0 Å². The molecule has 0 N–H and O–H groups in total. The van der Waals surface area contributed by atoms with E-state index in [1.807, 2.05) is 0 Å². The van der Waals surface area contributed by atoms with Gasteiger partial charge in [-0.05, 0) is 0 Å². The molecular weight excluding hydrogens is 232 g/mol. The Balaban J connectivity index is 3.11. The normalized spacial score (nSPS) is 12.5. The van der Waals surface area contributed by atoms with E-state index in [0.717, 1.165) is 0 Å². The summed E-state index contributed by atoms with van der Waals surface area (Å²) in [5.74, 6) is 0. The first-order chi connectivity index (χ1) is 3.56. The van der Waals surface area contributed by atoms with E-state index >= 15 is 0 Å². The third kappa shape index (κ3) is 6.52. The maximum absolute atomic E-state index is 11.3. The first kappa shape index (κ1) is 8.52. The van der Waals surface area contributed by atoms with E-state index < -0.39 is 25.4 Å². The van der Waals surface area contributed by atoms with Gasteiger partial charge in [0.05, 0.1) is 0 Å². The molecule has 0 aliphatic rings. The zero-order valence-electron chi connectivity index (χ0n) is 4.43. The minimum absolute atomic E-state index is 0.363. The molecule has 0 bridgehead atoms. The van der Waals surface area contributed by atoms with Crippen molar-refractivity contribution in [2.24, 2.45) is 0 Å². The van der Waals surface area contributed by atoms with Gasteiger partial charge in [-0.2, -0.15) is 0 Å². The molecule has 0 rings (SSSR count). The topological polar surface area (TPSA) is 0 Å². The van der Waals surface area contributed by atoms with Crippen molar-refractivity contribution >= 4 is 0 Å². The molecule has 0 aromatic rings. The molecule has 0 saturated carbocycles. The fourth-order valence-electron chi connectivity index (χ4n) is 0.202. The zero-order chi connectivity index (χ0) is 6.62. The van der Waals surface area contributed by atoms with E-state index in [0.29, 0.717) is 10.8 Å². The van der Waals surface area contributed by atoms with Gasteiger partial charge >= 0.3 is 56.3 Å². The van der Waals surface area contributed by atoms with Gasteiger partial charge in [-0.25, -0.2) is 0 Å². The summed E-state index contributed by atoms with van der Waals surface area (Å²) in [5, 5.41) is 0. The summed E-state index contributed by atoms with van der Waals surface area (Å²) in [5.41, 5.74) is 0. The van der Waals surface area contributed by atoms with Crippen LogP contribution in [0.25, 0.3) is 0 Å². The quantitative estimate of drug-likeness (QED) is 0.428. The molecule has 0 atom stereocenters. The van der Waals surface area contributed by atoms with Crippen LogP contribution in [0.3, 0.4) is 0 Å². The fourth-order valence-corrected chi connectivity index (χ4v) is 1.35. The van der Waals surface area contributed by atoms with Crippen molar-refractivity contribution in [1.82, 2.24) is 0 Å². The molecule has 0 unspecified atom stereocenters. The summed E-state index contributed by atoms with van der Waals surface area (Å²) in [6.07, 6.45) is 0.660. The molecule has 0 radical (unpaired) electrons. The standard InChI is InChI=1S/C4H7F3I/c1-2-3-8-4(5,6)7/h2-3H2,1H3/q-1. The van der Waals surface area contributed by atoms with Crippen LogP contribution < -0.4 is 21.2 Å². The molecule has 4 heteroatoms. The third-order valence-corrected chi connectivity index (χ3v) is 2.92. The Morgan fingerprint density at radius 1 is 1.38 bits per heavy atom. The van der Waals surface area contributed by atoms with Crippen LogP contribution in [0.15, 0.2) is 0 Å². The number of hydrogen-bond acceptors (Lipinski definition) is 0. The monoisotopic (exact) mass is 239 g/mol. The van der Waals surface area contributed by atoms with Gasteiger partial charge in [-0.15, -0.1) is 0 Å². The number of alkyl halides is 5. The second kappa shape index (κ2) is 3.53. The van der Waals surface area contributed by atoms with E-state index in [1.54, 1.807) is 6.92 Å². The van der Waals surface area contributed by atoms with Gasteiger partial charge in [0.25, 0.3) is 0 Å². The van der Waals surface area contributed by atoms with E-state index in [9.17, 15) is 13.2 Å². The summed E-state index contributed by atoms with van der Waals surface area (Å²) < 4.78 is 30.4. The van der Waals surface area contributed by atoms with Crippen LogP contribution >= 0.6 is 0 Å². The van der Waals surface area contributed by atoms with Gasteiger partial charge < -0.3 is 0 Å². The molecule has 52 valence electrons. The van der Waals surface area contributed by atoms with Crippen molar-refractivity contribution in [2.75, 3.05) is 4.43 Å². The van der Waals surface area contributed by atoms with E-state index in [-0.39, 0.29) is 0 Å². The zero-order valence-corrected chi connectivity index (χ0v) is 6.58. The Kier molecular flexibility index (Phi) is 3.76. The first-order valence-electron chi connectivity index (χ1n) is 2.23. The molecule has 8 heavy (non-hydrogen) atoms. The molecule has 0 aromatic heterocycles. The van der Waals surface area contributed by atoms with Gasteiger partial charge in [0, 0.05) is 0 Å². The van der Waals surface area contributed by atoms with Crippen molar-refractivity contribution in [1.29, 1.82) is 0 Å². The molecule has 0 fully saturated rings. The van der Waals surface area contributed by atoms with E-state index in [4.69, 9.17) is 0 Å². The Hall–Kier alpha value is 0.520. The summed E-state index contributed by atoms with van der Waals surface area (Å²) >= 11 is -1.52. The Morgan fingerprint density at radius 2 is 1.88 bits per heavy atom. The van der Waals surface area contributed by atoms with Crippen LogP contribution in [0.2, 0.25) is 0 Å². The van der Waals surface area contributed by atoms with Crippen molar-refractivity contribution in [3.63, 3.8) is 0 Å². The average molecular weight is 239 g/mol. The van der Waals surface area contributed by atoms with Gasteiger partial charge in [0.1, 0.15) is 0 Å².